The molecule has 0 radical (unpaired) electrons. The van der Waals surface area contributed by atoms with Crippen LogP contribution in [0.1, 0.15) is 12.8 Å². The monoisotopic (exact) mass is 366 g/mol. The van der Waals surface area contributed by atoms with Crippen LogP contribution in [-0.4, -0.2) is 29.3 Å². The molecule has 4 rings (SSSR count). The van der Waals surface area contributed by atoms with Gasteiger partial charge in [-0.15, -0.1) is 0 Å². The molecule has 2 heterocycles. The van der Waals surface area contributed by atoms with Crippen LogP contribution in [0, 0.1) is 11.6 Å². The number of halogens is 2. The molecule has 0 aliphatic carbocycles. The van der Waals surface area contributed by atoms with Crippen molar-refractivity contribution < 1.29 is 13.9 Å². The summed E-state index contributed by atoms with van der Waals surface area (Å²) in [7, 11) is 0. The summed E-state index contributed by atoms with van der Waals surface area (Å²) in [6.45, 7) is 1.45. The number of aliphatic hydroxyl groups excluding tert-OH is 1. The number of rotatable bonds is 3. The lowest BCUT2D eigenvalue weighted by molar-refractivity contribution is 0.145. The summed E-state index contributed by atoms with van der Waals surface area (Å²) in [5.41, 5.74) is 3.36. The normalized spacial score (nSPS) is 15.1. The lowest BCUT2D eigenvalue weighted by Crippen LogP contribution is -2.36. The Bertz CT molecular complexity index is 854. The van der Waals surface area contributed by atoms with Gasteiger partial charge in [0, 0.05) is 18.7 Å². The first-order valence-electron chi connectivity index (χ1n) is 9.05. The number of nitrogens with zero attached hydrogens (tertiary/aromatic N) is 2. The van der Waals surface area contributed by atoms with Gasteiger partial charge in [-0.2, -0.15) is 0 Å². The zero-order valence-electron chi connectivity index (χ0n) is 14.8. The Hall–Kier alpha value is -2.79. The predicted molar refractivity (Wildman–Crippen MR) is 102 cm³/mol. The zero-order chi connectivity index (χ0) is 18.8. The van der Waals surface area contributed by atoms with Gasteiger partial charge in [0.1, 0.15) is 17.5 Å². The van der Waals surface area contributed by atoms with Crippen LogP contribution in [0.25, 0.3) is 22.4 Å². The highest BCUT2D eigenvalue weighted by atomic mass is 19.1. The van der Waals surface area contributed by atoms with E-state index in [2.05, 4.69) is 4.90 Å². The van der Waals surface area contributed by atoms with Gasteiger partial charge >= 0.3 is 0 Å². The van der Waals surface area contributed by atoms with Crippen molar-refractivity contribution >= 4 is 5.82 Å². The lowest BCUT2D eigenvalue weighted by Gasteiger charge is -2.31. The fourth-order valence-electron chi connectivity index (χ4n) is 3.35. The minimum absolute atomic E-state index is 0.266. The maximum absolute atomic E-state index is 13.3. The van der Waals surface area contributed by atoms with Crippen LogP contribution in [0.2, 0.25) is 0 Å². The van der Waals surface area contributed by atoms with E-state index in [-0.39, 0.29) is 17.7 Å². The fourth-order valence-corrected chi connectivity index (χ4v) is 3.35. The van der Waals surface area contributed by atoms with Gasteiger partial charge in [0.2, 0.25) is 0 Å². The van der Waals surface area contributed by atoms with E-state index in [0.29, 0.717) is 12.8 Å². The number of hydrogen-bond donors (Lipinski definition) is 1. The van der Waals surface area contributed by atoms with Gasteiger partial charge in [-0.1, -0.05) is 12.1 Å². The molecule has 1 aliphatic heterocycles. The molecule has 0 saturated carbocycles. The molecule has 2 aromatic carbocycles. The van der Waals surface area contributed by atoms with E-state index in [0.717, 1.165) is 41.3 Å². The van der Waals surface area contributed by atoms with E-state index in [1.165, 1.54) is 24.3 Å². The number of aromatic nitrogens is 1. The van der Waals surface area contributed by atoms with Crippen molar-refractivity contribution in [3.63, 3.8) is 0 Å². The molecule has 0 unspecified atom stereocenters. The molecule has 1 saturated heterocycles. The number of piperidine rings is 1. The Morgan fingerprint density at radius 2 is 1.33 bits per heavy atom. The fraction of sp³-hybridized carbons (Fsp3) is 0.227. The molecule has 3 aromatic rings. The van der Waals surface area contributed by atoms with Crippen LogP contribution in [0.4, 0.5) is 14.6 Å². The quantitative estimate of drug-likeness (QED) is 0.733. The van der Waals surface area contributed by atoms with Gasteiger partial charge in [-0.05, 0) is 72.5 Å². The molecule has 27 heavy (non-hydrogen) atoms. The number of anilines is 1. The van der Waals surface area contributed by atoms with Crippen LogP contribution in [0.3, 0.4) is 0 Å². The molecular weight excluding hydrogens is 346 g/mol. The van der Waals surface area contributed by atoms with E-state index < -0.39 is 0 Å². The van der Waals surface area contributed by atoms with Gasteiger partial charge in [0.25, 0.3) is 0 Å². The summed E-state index contributed by atoms with van der Waals surface area (Å²) in [5, 5.41) is 9.77. The van der Waals surface area contributed by atoms with E-state index in [4.69, 9.17) is 4.98 Å². The molecule has 1 N–H and O–H groups in total. The number of aliphatic hydroxyl groups is 1. The molecule has 3 nitrogen and oxygen atoms in total. The largest absolute Gasteiger partial charge is 0.393 e. The van der Waals surface area contributed by atoms with Crippen molar-refractivity contribution in [2.24, 2.45) is 0 Å². The Balaban J connectivity index is 1.78. The standard InChI is InChI=1S/C22H20F2N2O/c23-18-5-1-15(2-6-18)17-13-21(16-3-7-19(24)8-4-16)25-22(14-17)26-11-9-20(27)10-12-26/h1-8,13-14,20,27H,9-12H2. The molecule has 5 heteroatoms. The topological polar surface area (TPSA) is 36.4 Å². The third kappa shape index (κ3) is 3.98. The Kier molecular flexibility index (Phi) is 4.86. The highest BCUT2D eigenvalue weighted by molar-refractivity contribution is 5.74. The molecule has 0 spiro atoms. The summed E-state index contributed by atoms with van der Waals surface area (Å²) >= 11 is 0. The maximum Gasteiger partial charge on any atom is 0.129 e. The molecule has 0 bridgehead atoms. The molecular formula is C22H20F2N2O. The second-order valence-electron chi connectivity index (χ2n) is 6.83. The van der Waals surface area contributed by atoms with Gasteiger partial charge in [-0.25, -0.2) is 13.8 Å². The van der Waals surface area contributed by atoms with Crippen LogP contribution >= 0.6 is 0 Å². The average molecular weight is 366 g/mol. The SMILES string of the molecule is OC1CCN(c2cc(-c3ccc(F)cc3)cc(-c3ccc(F)cc3)n2)CC1. The van der Waals surface area contributed by atoms with Gasteiger partial charge < -0.3 is 10.0 Å². The summed E-state index contributed by atoms with van der Waals surface area (Å²) in [5.74, 6) is 0.235. The average Bonchev–Trinajstić information content (AvgIpc) is 2.69. The first kappa shape index (κ1) is 17.6. The predicted octanol–water partition coefficient (Wildman–Crippen LogP) is 4.65. The summed E-state index contributed by atoms with van der Waals surface area (Å²) in [6, 6.07) is 16.5. The molecule has 0 atom stereocenters. The van der Waals surface area contributed by atoms with Crippen LogP contribution in [0.5, 0.6) is 0 Å². The maximum atomic E-state index is 13.3. The Labute approximate surface area is 156 Å². The Morgan fingerprint density at radius 1 is 0.778 bits per heavy atom. The van der Waals surface area contributed by atoms with Crippen LogP contribution in [0.15, 0.2) is 60.7 Å². The van der Waals surface area contributed by atoms with Crippen molar-refractivity contribution in [3.05, 3.63) is 72.3 Å². The minimum atomic E-state index is -0.293. The van der Waals surface area contributed by atoms with Gasteiger partial charge in [-0.3, -0.25) is 0 Å². The van der Waals surface area contributed by atoms with E-state index in [1.807, 2.05) is 12.1 Å². The summed E-state index contributed by atoms with van der Waals surface area (Å²) in [6.07, 6.45) is 1.14. The van der Waals surface area contributed by atoms with Crippen molar-refractivity contribution in [1.29, 1.82) is 0 Å². The van der Waals surface area contributed by atoms with Crippen molar-refractivity contribution in [2.75, 3.05) is 18.0 Å². The lowest BCUT2D eigenvalue weighted by atomic mass is 10.0. The van der Waals surface area contributed by atoms with E-state index >= 15 is 0 Å². The van der Waals surface area contributed by atoms with Crippen LogP contribution < -0.4 is 4.90 Å². The van der Waals surface area contributed by atoms with Gasteiger partial charge in [0.15, 0.2) is 0 Å². The highest BCUT2D eigenvalue weighted by Gasteiger charge is 2.19. The molecule has 0 amide bonds. The second kappa shape index (κ2) is 7.45. The Morgan fingerprint density at radius 3 is 1.93 bits per heavy atom. The van der Waals surface area contributed by atoms with Crippen LogP contribution in [-0.2, 0) is 0 Å². The molecule has 1 aliphatic rings. The number of benzene rings is 2. The summed E-state index contributed by atoms with van der Waals surface area (Å²) in [4.78, 5) is 6.92. The second-order valence-corrected chi connectivity index (χ2v) is 6.83. The third-order valence-electron chi connectivity index (χ3n) is 4.92. The number of hydrogen-bond acceptors (Lipinski definition) is 3. The van der Waals surface area contributed by atoms with E-state index in [9.17, 15) is 13.9 Å². The highest BCUT2D eigenvalue weighted by Crippen LogP contribution is 2.30. The zero-order valence-corrected chi connectivity index (χ0v) is 14.8. The smallest absolute Gasteiger partial charge is 0.129 e. The minimum Gasteiger partial charge on any atom is -0.393 e. The van der Waals surface area contributed by atoms with Crippen molar-refractivity contribution in [2.45, 2.75) is 18.9 Å². The van der Waals surface area contributed by atoms with E-state index in [1.54, 1.807) is 24.3 Å². The molecule has 1 aromatic heterocycles. The van der Waals surface area contributed by atoms with Crippen molar-refractivity contribution in [1.82, 2.24) is 4.98 Å². The summed E-state index contributed by atoms with van der Waals surface area (Å²) < 4.78 is 26.6. The van der Waals surface area contributed by atoms with Crippen molar-refractivity contribution in [3.8, 4) is 22.4 Å². The molecule has 138 valence electrons. The molecule has 1 fully saturated rings. The van der Waals surface area contributed by atoms with Gasteiger partial charge in [0.05, 0.1) is 11.8 Å². The number of pyridine rings is 1. The third-order valence-corrected chi connectivity index (χ3v) is 4.92. The first-order valence-corrected chi connectivity index (χ1v) is 9.05. The first-order chi connectivity index (χ1) is 13.1.